The molecular weight excluding hydrogens is 334 g/mol. The lowest BCUT2D eigenvalue weighted by Crippen LogP contribution is -2.43. The highest BCUT2D eigenvalue weighted by Gasteiger charge is 2.32. The van der Waals surface area contributed by atoms with Crippen molar-refractivity contribution in [3.63, 3.8) is 0 Å². The van der Waals surface area contributed by atoms with Crippen LogP contribution in [0, 0.1) is 5.92 Å². The number of carbonyl (C=O) groups excluding carboxylic acids is 1. The molecule has 0 radical (unpaired) electrons. The van der Waals surface area contributed by atoms with E-state index in [1.54, 1.807) is 6.07 Å². The number of pyridine rings is 1. The predicted molar refractivity (Wildman–Crippen MR) is 85.6 cm³/mol. The quantitative estimate of drug-likeness (QED) is 0.687. The summed E-state index contributed by atoms with van der Waals surface area (Å²) in [6, 6.07) is 3.08. The first-order valence-electron chi connectivity index (χ1n) is 7.81. The van der Waals surface area contributed by atoms with Crippen LogP contribution in [0.2, 0.25) is 0 Å². The van der Waals surface area contributed by atoms with Crippen LogP contribution in [-0.4, -0.2) is 54.3 Å². The summed E-state index contributed by atoms with van der Waals surface area (Å²) in [5.74, 6) is -1.27. The maximum absolute atomic E-state index is 12.5. The second kappa shape index (κ2) is 8.20. The molecule has 1 aliphatic rings. The van der Waals surface area contributed by atoms with E-state index in [4.69, 9.17) is 5.11 Å². The Kier molecular flexibility index (Phi) is 6.27. The van der Waals surface area contributed by atoms with E-state index in [1.807, 2.05) is 0 Å². The minimum Gasteiger partial charge on any atom is -0.481 e. The molecule has 0 aromatic carbocycles. The molecule has 0 saturated carbocycles. The fraction of sp³-hybridized carbons (Fsp3) is 0.533. The molecular formula is C15H21N3O5S. The van der Waals surface area contributed by atoms with Crippen LogP contribution >= 0.6 is 0 Å². The molecule has 1 saturated heterocycles. The molecule has 24 heavy (non-hydrogen) atoms. The Morgan fingerprint density at radius 3 is 2.62 bits per heavy atom. The zero-order valence-corrected chi connectivity index (χ0v) is 14.0. The number of piperidine rings is 1. The molecule has 0 aliphatic carbocycles. The maximum atomic E-state index is 12.5. The Bertz CT molecular complexity index is 670. The van der Waals surface area contributed by atoms with Gasteiger partial charge in [-0.3, -0.25) is 14.6 Å². The van der Waals surface area contributed by atoms with Crippen molar-refractivity contribution in [3.8, 4) is 0 Å². The molecule has 8 nitrogen and oxygen atoms in total. The molecule has 0 bridgehead atoms. The lowest BCUT2D eigenvalue weighted by atomic mass is 9.97. The third-order valence-corrected chi connectivity index (χ3v) is 5.85. The molecule has 0 spiro atoms. The molecule has 1 aromatic rings. The number of nitrogens with zero attached hydrogens (tertiary/aromatic N) is 2. The van der Waals surface area contributed by atoms with Crippen LogP contribution in [-0.2, 0) is 19.6 Å². The summed E-state index contributed by atoms with van der Waals surface area (Å²) in [5, 5.41) is 11.3. The number of carboxylic acids is 1. The Morgan fingerprint density at radius 1 is 1.33 bits per heavy atom. The predicted octanol–water partition coefficient (Wildman–Crippen LogP) is 0.463. The van der Waals surface area contributed by atoms with Gasteiger partial charge in [0.05, 0.1) is 0 Å². The van der Waals surface area contributed by atoms with Gasteiger partial charge in [-0.15, -0.1) is 0 Å². The number of amides is 1. The Hall–Kier alpha value is -2.00. The van der Waals surface area contributed by atoms with E-state index in [2.05, 4.69) is 10.3 Å². The number of rotatable bonds is 7. The second-order valence-electron chi connectivity index (χ2n) is 5.66. The largest absolute Gasteiger partial charge is 0.481 e. The van der Waals surface area contributed by atoms with Crippen molar-refractivity contribution in [1.29, 1.82) is 0 Å². The number of nitrogens with one attached hydrogen (secondary N) is 1. The highest BCUT2D eigenvalue weighted by atomic mass is 32.2. The van der Waals surface area contributed by atoms with Gasteiger partial charge < -0.3 is 10.4 Å². The zero-order valence-electron chi connectivity index (χ0n) is 13.2. The first-order valence-corrected chi connectivity index (χ1v) is 9.25. The van der Waals surface area contributed by atoms with Crippen LogP contribution in [0.1, 0.15) is 25.7 Å². The number of carbonyl (C=O) groups is 2. The molecule has 0 atom stereocenters. The summed E-state index contributed by atoms with van der Waals surface area (Å²) in [5.41, 5.74) is 0. The summed E-state index contributed by atoms with van der Waals surface area (Å²) in [7, 11) is -3.57. The van der Waals surface area contributed by atoms with E-state index in [-0.39, 0.29) is 36.2 Å². The summed E-state index contributed by atoms with van der Waals surface area (Å²) in [6.07, 6.45) is 4.13. The average molecular weight is 355 g/mol. The number of sulfonamides is 1. The van der Waals surface area contributed by atoms with Gasteiger partial charge in [0.1, 0.15) is 4.90 Å². The van der Waals surface area contributed by atoms with Crippen molar-refractivity contribution < 1.29 is 23.1 Å². The van der Waals surface area contributed by atoms with Gasteiger partial charge in [0.2, 0.25) is 15.9 Å². The number of aromatic nitrogens is 1. The van der Waals surface area contributed by atoms with Gasteiger partial charge >= 0.3 is 5.97 Å². The number of carboxylic acid groups (broad SMARTS) is 1. The van der Waals surface area contributed by atoms with Crippen molar-refractivity contribution in [2.24, 2.45) is 5.92 Å². The van der Waals surface area contributed by atoms with Gasteiger partial charge in [0.15, 0.2) is 0 Å². The maximum Gasteiger partial charge on any atom is 0.303 e. The van der Waals surface area contributed by atoms with Gasteiger partial charge in [-0.05, 0) is 31.4 Å². The van der Waals surface area contributed by atoms with E-state index in [9.17, 15) is 18.0 Å². The SMILES string of the molecule is O=C(O)CCCNC(=O)C1CCN(S(=O)(=O)c2cccnc2)CC1. The number of hydrogen-bond donors (Lipinski definition) is 2. The van der Waals surface area contributed by atoms with Crippen molar-refractivity contribution in [3.05, 3.63) is 24.5 Å². The third kappa shape index (κ3) is 4.75. The van der Waals surface area contributed by atoms with Crippen LogP contribution in [0.25, 0.3) is 0 Å². The monoisotopic (exact) mass is 355 g/mol. The standard InChI is InChI=1S/C15H21N3O5S/c19-14(20)4-2-8-17-15(21)12-5-9-18(10-6-12)24(22,23)13-3-1-7-16-11-13/h1,3,7,11-12H,2,4-6,8-10H2,(H,17,21)(H,19,20). The molecule has 2 rings (SSSR count). The van der Waals surface area contributed by atoms with Gasteiger partial charge in [-0.1, -0.05) is 0 Å². The molecule has 1 aliphatic heterocycles. The van der Waals surface area contributed by atoms with E-state index >= 15 is 0 Å². The fourth-order valence-corrected chi connectivity index (χ4v) is 4.04. The van der Waals surface area contributed by atoms with Crippen LogP contribution in [0.4, 0.5) is 0 Å². The third-order valence-electron chi connectivity index (χ3n) is 3.96. The summed E-state index contributed by atoms with van der Waals surface area (Å²) < 4.78 is 26.3. The summed E-state index contributed by atoms with van der Waals surface area (Å²) in [6.45, 7) is 0.883. The minimum atomic E-state index is -3.57. The second-order valence-corrected chi connectivity index (χ2v) is 7.59. The first kappa shape index (κ1) is 18.3. The smallest absolute Gasteiger partial charge is 0.303 e. The molecule has 1 aromatic heterocycles. The van der Waals surface area contributed by atoms with Crippen LogP contribution in [0.5, 0.6) is 0 Å². The van der Waals surface area contributed by atoms with Gasteiger partial charge in [0, 0.05) is 44.4 Å². The van der Waals surface area contributed by atoms with Crippen molar-refractivity contribution in [2.45, 2.75) is 30.6 Å². The molecule has 1 amide bonds. The Morgan fingerprint density at radius 2 is 2.04 bits per heavy atom. The van der Waals surface area contributed by atoms with Gasteiger partial charge in [-0.25, -0.2) is 8.42 Å². The lowest BCUT2D eigenvalue weighted by molar-refractivity contribution is -0.137. The number of aliphatic carboxylic acids is 1. The topological polar surface area (TPSA) is 117 Å². The van der Waals surface area contributed by atoms with Crippen molar-refractivity contribution in [1.82, 2.24) is 14.6 Å². The normalized spacial score (nSPS) is 16.7. The van der Waals surface area contributed by atoms with Gasteiger partial charge in [-0.2, -0.15) is 4.31 Å². The Balaban J connectivity index is 1.83. The van der Waals surface area contributed by atoms with Crippen molar-refractivity contribution in [2.75, 3.05) is 19.6 Å². The summed E-state index contributed by atoms with van der Waals surface area (Å²) in [4.78, 5) is 26.4. The molecule has 132 valence electrons. The highest BCUT2D eigenvalue weighted by Crippen LogP contribution is 2.23. The molecule has 1 fully saturated rings. The fourth-order valence-electron chi connectivity index (χ4n) is 2.60. The lowest BCUT2D eigenvalue weighted by Gasteiger charge is -2.30. The highest BCUT2D eigenvalue weighted by molar-refractivity contribution is 7.89. The van der Waals surface area contributed by atoms with Crippen LogP contribution in [0.15, 0.2) is 29.4 Å². The Labute approximate surface area is 140 Å². The zero-order chi connectivity index (χ0) is 17.6. The number of hydrogen-bond acceptors (Lipinski definition) is 5. The van der Waals surface area contributed by atoms with Crippen LogP contribution < -0.4 is 5.32 Å². The van der Waals surface area contributed by atoms with Gasteiger partial charge in [0.25, 0.3) is 0 Å². The van der Waals surface area contributed by atoms with E-state index in [0.29, 0.717) is 25.8 Å². The first-order chi connectivity index (χ1) is 11.4. The van der Waals surface area contributed by atoms with Crippen molar-refractivity contribution >= 4 is 21.9 Å². The molecule has 0 unspecified atom stereocenters. The van der Waals surface area contributed by atoms with E-state index < -0.39 is 16.0 Å². The average Bonchev–Trinajstić information content (AvgIpc) is 2.59. The minimum absolute atomic E-state index is 0.0160. The van der Waals surface area contributed by atoms with Crippen LogP contribution in [0.3, 0.4) is 0 Å². The van der Waals surface area contributed by atoms with E-state index in [0.717, 1.165) is 0 Å². The molecule has 2 heterocycles. The van der Waals surface area contributed by atoms with E-state index in [1.165, 1.54) is 22.8 Å². The summed E-state index contributed by atoms with van der Waals surface area (Å²) >= 11 is 0. The molecule has 2 N–H and O–H groups in total. The molecule has 9 heteroatoms.